The number of rotatable bonds is 3. The van der Waals surface area contributed by atoms with Gasteiger partial charge in [0.25, 0.3) is 0 Å². The Kier molecular flexibility index (Phi) is 3.15. The average Bonchev–Trinajstić information content (AvgIpc) is 1.63. The van der Waals surface area contributed by atoms with Crippen molar-refractivity contribution in [3.8, 4) is 0 Å². The normalized spacial score (nSPS) is 15.7. The quantitative estimate of drug-likeness (QED) is 0.545. The van der Waals surface area contributed by atoms with Crippen molar-refractivity contribution in [3.63, 3.8) is 0 Å². The largest absolute Gasteiger partial charge is 0.388 e. The summed E-state index contributed by atoms with van der Waals surface area (Å²) in [5.41, 5.74) is 0. The average molecular weight is 131 g/mol. The molecule has 0 amide bonds. The summed E-state index contributed by atoms with van der Waals surface area (Å²) >= 11 is 0. The van der Waals surface area contributed by atoms with E-state index in [4.69, 9.17) is 5.11 Å². The summed E-state index contributed by atoms with van der Waals surface area (Å²) in [4.78, 5) is 0. The standard InChI is InChI=1S/C7H17NO/c1-5-8(3,4)6-7(2)9/h7,9H,1,5-6H2,2-4H3/q+1. The zero-order valence-electron chi connectivity index (χ0n) is 6.59. The Balaban J connectivity index is 3.58. The second-order valence-electron chi connectivity index (χ2n) is 3.19. The van der Waals surface area contributed by atoms with Crippen LogP contribution in [0.4, 0.5) is 0 Å². The fourth-order valence-corrected chi connectivity index (χ4v) is 0.807. The van der Waals surface area contributed by atoms with Crippen LogP contribution < -0.4 is 0 Å². The highest BCUT2D eigenvalue weighted by Crippen LogP contribution is 1.97. The summed E-state index contributed by atoms with van der Waals surface area (Å²) in [7, 11) is 4.11. The lowest BCUT2D eigenvalue weighted by atomic mass is 10.3. The van der Waals surface area contributed by atoms with Crippen molar-refractivity contribution in [2.24, 2.45) is 0 Å². The van der Waals surface area contributed by atoms with Crippen LogP contribution in [0.15, 0.2) is 0 Å². The van der Waals surface area contributed by atoms with Crippen LogP contribution >= 0.6 is 0 Å². The second-order valence-corrected chi connectivity index (χ2v) is 3.19. The summed E-state index contributed by atoms with van der Waals surface area (Å²) in [5, 5.41) is 8.98. The molecular weight excluding hydrogens is 114 g/mol. The van der Waals surface area contributed by atoms with Crippen LogP contribution in [-0.2, 0) is 0 Å². The van der Waals surface area contributed by atoms with Gasteiger partial charge < -0.3 is 9.59 Å². The number of quaternary nitrogens is 1. The fraction of sp³-hybridized carbons (Fsp3) is 0.857. The van der Waals surface area contributed by atoms with Crippen molar-refractivity contribution < 1.29 is 9.59 Å². The number of likely N-dealkylation sites (N-methyl/N-ethyl adjacent to an activating group) is 1. The minimum absolute atomic E-state index is 0.221. The third-order valence-electron chi connectivity index (χ3n) is 1.36. The third-order valence-corrected chi connectivity index (χ3v) is 1.36. The predicted molar refractivity (Wildman–Crippen MR) is 38.9 cm³/mol. The minimum atomic E-state index is -0.221. The number of nitrogens with zero attached hydrogens (tertiary/aromatic N) is 1. The zero-order chi connectivity index (χ0) is 7.49. The number of hydrogen-bond donors (Lipinski definition) is 1. The monoisotopic (exact) mass is 131 g/mol. The van der Waals surface area contributed by atoms with Crippen LogP contribution in [0.25, 0.3) is 0 Å². The van der Waals surface area contributed by atoms with Gasteiger partial charge in [-0.25, -0.2) is 0 Å². The summed E-state index contributed by atoms with van der Waals surface area (Å²) in [6.07, 6.45) is -0.221. The van der Waals surface area contributed by atoms with E-state index in [1.807, 2.05) is 0 Å². The molecule has 2 nitrogen and oxygen atoms in total. The molecule has 0 aromatic heterocycles. The molecule has 0 saturated carbocycles. The Morgan fingerprint density at radius 3 is 2.11 bits per heavy atom. The Bertz CT molecular complexity index is 79.0. The highest BCUT2D eigenvalue weighted by molar-refractivity contribution is 4.43. The van der Waals surface area contributed by atoms with Gasteiger partial charge in [0.05, 0.1) is 20.6 Å². The maximum Gasteiger partial charge on any atom is 0.104 e. The zero-order valence-corrected chi connectivity index (χ0v) is 6.59. The molecule has 9 heavy (non-hydrogen) atoms. The Morgan fingerprint density at radius 2 is 2.00 bits per heavy atom. The molecule has 0 aliphatic rings. The molecule has 0 rings (SSSR count). The van der Waals surface area contributed by atoms with Gasteiger partial charge in [-0.2, -0.15) is 0 Å². The minimum Gasteiger partial charge on any atom is -0.388 e. The van der Waals surface area contributed by atoms with Crippen LogP contribution in [0.5, 0.6) is 0 Å². The molecule has 1 unspecified atom stereocenters. The van der Waals surface area contributed by atoms with Gasteiger partial charge in [0, 0.05) is 6.92 Å². The van der Waals surface area contributed by atoms with Crippen LogP contribution in [0.1, 0.15) is 6.92 Å². The Morgan fingerprint density at radius 1 is 1.56 bits per heavy atom. The highest BCUT2D eigenvalue weighted by atomic mass is 16.3. The van der Waals surface area contributed by atoms with Gasteiger partial charge >= 0.3 is 0 Å². The van der Waals surface area contributed by atoms with Gasteiger partial charge in [-0.05, 0) is 6.92 Å². The lowest BCUT2D eigenvalue weighted by Crippen LogP contribution is -2.44. The predicted octanol–water partition coefficient (Wildman–Crippen LogP) is 0.278. The van der Waals surface area contributed by atoms with Crippen molar-refractivity contribution in [2.45, 2.75) is 13.0 Å². The van der Waals surface area contributed by atoms with E-state index in [1.165, 1.54) is 0 Å². The van der Waals surface area contributed by atoms with E-state index in [2.05, 4.69) is 21.0 Å². The maximum absolute atomic E-state index is 8.98. The molecule has 1 radical (unpaired) electrons. The molecular formula is C7H17NO+. The molecule has 0 heterocycles. The van der Waals surface area contributed by atoms with Gasteiger partial charge in [0.1, 0.15) is 12.6 Å². The van der Waals surface area contributed by atoms with E-state index in [-0.39, 0.29) is 6.10 Å². The molecule has 1 N–H and O–H groups in total. The number of aliphatic hydroxyl groups excluding tert-OH is 1. The van der Waals surface area contributed by atoms with E-state index >= 15 is 0 Å². The first-order valence-corrected chi connectivity index (χ1v) is 3.27. The summed E-state index contributed by atoms with van der Waals surface area (Å²) in [5.74, 6) is 0. The smallest absolute Gasteiger partial charge is 0.104 e. The SMILES string of the molecule is [CH2]C[N+](C)(C)CC(C)O. The summed E-state index contributed by atoms with van der Waals surface area (Å²) in [6.45, 7) is 7.18. The number of aliphatic hydroxyl groups is 1. The van der Waals surface area contributed by atoms with Crippen molar-refractivity contribution in [1.29, 1.82) is 0 Å². The first kappa shape index (κ1) is 8.92. The van der Waals surface area contributed by atoms with Crippen LogP contribution in [0, 0.1) is 6.92 Å². The lowest BCUT2D eigenvalue weighted by molar-refractivity contribution is -0.887. The van der Waals surface area contributed by atoms with Gasteiger partial charge in [-0.3, -0.25) is 0 Å². The van der Waals surface area contributed by atoms with E-state index in [0.717, 1.165) is 17.6 Å². The van der Waals surface area contributed by atoms with Crippen molar-refractivity contribution in [1.82, 2.24) is 0 Å². The molecule has 0 fully saturated rings. The van der Waals surface area contributed by atoms with Gasteiger partial charge in [0.15, 0.2) is 0 Å². The van der Waals surface area contributed by atoms with Crippen LogP contribution in [0.3, 0.4) is 0 Å². The molecule has 0 aromatic carbocycles. The first-order valence-electron chi connectivity index (χ1n) is 3.27. The summed E-state index contributed by atoms with van der Waals surface area (Å²) < 4.78 is 0.789. The topological polar surface area (TPSA) is 20.2 Å². The molecule has 0 spiro atoms. The third kappa shape index (κ3) is 4.43. The molecule has 0 aliphatic carbocycles. The first-order chi connectivity index (χ1) is 3.98. The fourth-order valence-electron chi connectivity index (χ4n) is 0.807. The lowest BCUT2D eigenvalue weighted by Gasteiger charge is -2.29. The highest BCUT2D eigenvalue weighted by Gasteiger charge is 2.13. The van der Waals surface area contributed by atoms with E-state index in [1.54, 1.807) is 6.92 Å². The molecule has 0 aliphatic heterocycles. The van der Waals surface area contributed by atoms with E-state index < -0.39 is 0 Å². The second kappa shape index (κ2) is 3.18. The van der Waals surface area contributed by atoms with Crippen molar-refractivity contribution in [3.05, 3.63) is 6.92 Å². The molecule has 0 saturated heterocycles. The van der Waals surface area contributed by atoms with Crippen LogP contribution in [-0.4, -0.2) is 42.9 Å². The van der Waals surface area contributed by atoms with Gasteiger partial charge in [-0.1, -0.05) is 0 Å². The van der Waals surface area contributed by atoms with Crippen molar-refractivity contribution >= 4 is 0 Å². The van der Waals surface area contributed by atoms with E-state index in [9.17, 15) is 0 Å². The Hall–Kier alpha value is -0.0800. The molecule has 0 bridgehead atoms. The van der Waals surface area contributed by atoms with Gasteiger partial charge in [0.2, 0.25) is 0 Å². The maximum atomic E-state index is 8.98. The van der Waals surface area contributed by atoms with Crippen LogP contribution in [0.2, 0.25) is 0 Å². The van der Waals surface area contributed by atoms with Gasteiger partial charge in [-0.15, -0.1) is 0 Å². The summed E-state index contributed by atoms with van der Waals surface area (Å²) in [6, 6.07) is 0. The molecule has 1 atom stereocenters. The van der Waals surface area contributed by atoms with Crippen molar-refractivity contribution in [2.75, 3.05) is 27.2 Å². The molecule has 2 heteroatoms. The molecule has 55 valence electrons. The van der Waals surface area contributed by atoms with E-state index in [0.29, 0.717) is 0 Å². The molecule has 0 aromatic rings. The Labute approximate surface area is 57.7 Å². The number of hydrogen-bond acceptors (Lipinski definition) is 1.